The molecule has 0 saturated carbocycles. The lowest BCUT2D eigenvalue weighted by Gasteiger charge is -2.45. The fraction of sp³-hybridized carbons (Fsp3) is 0.429. The van der Waals surface area contributed by atoms with E-state index < -0.39 is 21.4 Å². The molecule has 1 aliphatic rings. The number of nitrogens with zero attached hydrogens (tertiary/aromatic N) is 1. The van der Waals surface area contributed by atoms with E-state index in [2.05, 4.69) is 4.90 Å². The first-order valence-corrected chi connectivity index (χ1v) is 11.1. The number of aliphatic hydroxyl groups is 2. The van der Waals surface area contributed by atoms with Crippen LogP contribution in [0.2, 0.25) is 0 Å². The standard InChI is InChI=1S/C21H27NO4S/c1-27(25,26)19-9-7-18(8-10-19)14-22-12-11-20(24)21(15-22,16-23)13-17-5-3-2-4-6-17/h2-10,20,23-24H,11-16H2,1H3/t20-,21+/m1/s1. The van der Waals surface area contributed by atoms with E-state index in [-0.39, 0.29) is 6.61 Å². The Hall–Kier alpha value is -1.73. The van der Waals surface area contributed by atoms with E-state index in [4.69, 9.17) is 0 Å². The SMILES string of the molecule is CS(=O)(=O)c1ccc(CN2CC[C@@H](O)[C@@](CO)(Cc3ccccc3)C2)cc1. The van der Waals surface area contributed by atoms with Crippen LogP contribution >= 0.6 is 0 Å². The lowest BCUT2D eigenvalue weighted by molar-refractivity contribution is -0.0768. The van der Waals surface area contributed by atoms with Gasteiger partial charge in [-0.3, -0.25) is 4.90 Å². The van der Waals surface area contributed by atoms with Gasteiger partial charge in [-0.25, -0.2) is 8.42 Å². The van der Waals surface area contributed by atoms with E-state index in [9.17, 15) is 18.6 Å². The van der Waals surface area contributed by atoms with Gasteiger partial charge >= 0.3 is 0 Å². The van der Waals surface area contributed by atoms with Crippen LogP contribution in [0.1, 0.15) is 17.5 Å². The molecule has 0 amide bonds. The molecule has 2 N–H and O–H groups in total. The van der Waals surface area contributed by atoms with E-state index in [0.29, 0.717) is 30.8 Å². The number of aliphatic hydroxyl groups excluding tert-OH is 2. The molecule has 0 radical (unpaired) electrons. The molecular formula is C21H27NO4S. The van der Waals surface area contributed by atoms with Crippen molar-refractivity contribution in [2.24, 2.45) is 5.41 Å². The predicted octanol–water partition coefficient (Wildman–Crippen LogP) is 1.88. The number of hydrogen-bond acceptors (Lipinski definition) is 5. The molecule has 1 fully saturated rings. The van der Waals surface area contributed by atoms with E-state index >= 15 is 0 Å². The van der Waals surface area contributed by atoms with Crippen molar-refractivity contribution in [1.82, 2.24) is 4.90 Å². The molecule has 0 bridgehead atoms. The molecule has 0 aliphatic carbocycles. The van der Waals surface area contributed by atoms with Crippen LogP contribution < -0.4 is 0 Å². The fourth-order valence-corrected chi connectivity index (χ4v) is 4.49. The number of hydrogen-bond donors (Lipinski definition) is 2. The Morgan fingerprint density at radius 2 is 1.74 bits per heavy atom. The molecule has 0 aromatic heterocycles. The lowest BCUT2D eigenvalue weighted by atomic mass is 9.73. The Bertz CT molecular complexity index is 852. The monoisotopic (exact) mass is 389 g/mol. The van der Waals surface area contributed by atoms with Gasteiger partial charge in [-0.2, -0.15) is 0 Å². The summed E-state index contributed by atoms with van der Waals surface area (Å²) >= 11 is 0. The van der Waals surface area contributed by atoms with Crippen molar-refractivity contribution in [1.29, 1.82) is 0 Å². The summed E-state index contributed by atoms with van der Waals surface area (Å²) in [6.45, 7) is 1.92. The van der Waals surface area contributed by atoms with Crippen LogP contribution in [0.5, 0.6) is 0 Å². The molecule has 5 nitrogen and oxygen atoms in total. The van der Waals surface area contributed by atoms with Gasteiger partial charge in [-0.1, -0.05) is 42.5 Å². The first kappa shape index (κ1) is 20.0. The first-order valence-electron chi connectivity index (χ1n) is 9.17. The smallest absolute Gasteiger partial charge is 0.175 e. The first-order chi connectivity index (χ1) is 12.8. The third kappa shape index (κ3) is 4.76. The van der Waals surface area contributed by atoms with Gasteiger partial charge in [0.25, 0.3) is 0 Å². The summed E-state index contributed by atoms with van der Waals surface area (Å²) in [5, 5.41) is 20.8. The highest BCUT2D eigenvalue weighted by Crippen LogP contribution is 2.34. The largest absolute Gasteiger partial charge is 0.396 e. The Morgan fingerprint density at radius 1 is 1.07 bits per heavy atom. The Morgan fingerprint density at radius 3 is 2.33 bits per heavy atom. The van der Waals surface area contributed by atoms with Crippen molar-refractivity contribution in [3.8, 4) is 0 Å². The van der Waals surface area contributed by atoms with Gasteiger partial charge in [0.2, 0.25) is 0 Å². The molecule has 27 heavy (non-hydrogen) atoms. The third-order valence-electron chi connectivity index (χ3n) is 5.44. The topological polar surface area (TPSA) is 77.8 Å². The number of rotatable bonds is 6. The molecular weight excluding hydrogens is 362 g/mol. The van der Waals surface area contributed by atoms with Crippen molar-refractivity contribution in [2.75, 3.05) is 26.0 Å². The average Bonchev–Trinajstić information content (AvgIpc) is 2.65. The second kappa shape index (κ2) is 8.10. The van der Waals surface area contributed by atoms with Crippen LogP contribution in [0.3, 0.4) is 0 Å². The summed E-state index contributed by atoms with van der Waals surface area (Å²) in [6, 6.07) is 16.9. The molecule has 0 unspecified atom stereocenters. The zero-order valence-electron chi connectivity index (χ0n) is 15.6. The van der Waals surface area contributed by atoms with Crippen molar-refractivity contribution in [2.45, 2.75) is 30.4 Å². The summed E-state index contributed by atoms with van der Waals surface area (Å²) in [5.74, 6) is 0. The van der Waals surface area contributed by atoms with Gasteiger partial charge in [-0.15, -0.1) is 0 Å². The van der Waals surface area contributed by atoms with Crippen LogP contribution in [-0.4, -0.2) is 55.6 Å². The molecule has 0 spiro atoms. The maximum Gasteiger partial charge on any atom is 0.175 e. The molecule has 6 heteroatoms. The van der Waals surface area contributed by atoms with Gasteiger partial charge in [0.15, 0.2) is 9.84 Å². The highest BCUT2D eigenvalue weighted by Gasteiger charge is 2.42. The zero-order chi connectivity index (χ0) is 19.5. The van der Waals surface area contributed by atoms with Crippen LogP contribution in [0, 0.1) is 5.41 Å². The maximum absolute atomic E-state index is 11.6. The second-order valence-electron chi connectivity index (χ2n) is 7.61. The number of sulfone groups is 1. The molecule has 2 aromatic rings. The molecule has 1 heterocycles. The normalized spacial score (nSPS) is 24.0. The number of likely N-dealkylation sites (tertiary alicyclic amines) is 1. The van der Waals surface area contributed by atoms with E-state index in [0.717, 1.165) is 17.7 Å². The number of benzene rings is 2. The summed E-state index contributed by atoms with van der Waals surface area (Å²) in [6.07, 6.45) is 1.88. The van der Waals surface area contributed by atoms with Gasteiger partial charge in [0, 0.05) is 31.3 Å². The summed E-state index contributed by atoms with van der Waals surface area (Å²) in [4.78, 5) is 2.54. The van der Waals surface area contributed by atoms with Gasteiger partial charge in [0.1, 0.15) is 0 Å². The van der Waals surface area contributed by atoms with Crippen molar-refractivity contribution in [3.63, 3.8) is 0 Å². The molecule has 3 rings (SSSR count). The number of piperidine rings is 1. The van der Waals surface area contributed by atoms with E-state index in [1.807, 2.05) is 42.5 Å². The molecule has 146 valence electrons. The zero-order valence-corrected chi connectivity index (χ0v) is 16.4. The minimum Gasteiger partial charge on any atom is -0.396 e. The second-order valence-corrected chi connectivity index (χ2v) is 9.63. The highest BCUT2D eigenvalue weighted by atomic mass is 32.2. The van der Waals surface area contributed by atoms with Crippen molar-refractivity contribution >= 4 is 9.84 Å². The van der Waals surface area contributed by atoms with Gasteiger partial charge in [0.05, 0.1) is 17.6 Å². The van der Waals surface area contributed by atoms with Crippen LogP contribution in [-0.2, 0) is 22.8 Å². The quantitative estimate of drug-likeness (QED) is 0.789. The fourth-order valence-electron chi connectivity index (χ4n) is 3.86. The third-order valence-corrected chi connectivity index (χ3v) is 6.56. The van der Waals surface area contributed by atoms with Gasteiger partial charge < -0.3 is 10.2 Å². The summed E-state index contributed by atoms with van der Waals surface area (Å²) in [7, 11) is -3.20. The van der Waals surface area contributed by atoms with E-state index in [1.54, 1.807) is 12.1 Å². The Kier molecular flexibility index (Phi) is 6.01. The van der Waals surface area contributed by atoms with Crippen LogP contribution in [0.25, 0.3) is 0 Å². The van der Waals surface area contributed by atoms with Crippen LogP contribution in [0.4, 0.5) is 0 Å². The molecule has 1 aliphatic heterocycles. The highest BCUT2D eigenvalue weighted by molar-refractivity contribution is 7.90. The Labute approximate surface area is 161 Å². The average molecular weight is 390 g/mol. The van der Waals surface area contributed by atoms with Crippen LogP contribution in [0.15, 0.2) is 59.5 Å². The molecule has 1 saturated heterocycles. The molecule has 2 aromatic carbocycles. The summed E-state index contributed by atoms with van der Waals surface area (Å²) < 4.78 is 23.2. The van der Waals surface area contributed by atoms with Gasteiger partial charge in [-0.05, 0) is 36.1 Å². The molecule has 2 atom stereocenters. The van der Waals surface area contributed by atoms with Crippen molar-refractivity contribution < 1.29 is 18.6 Å². The van der Waals surface area contributed by atoms with E-state index in [1.165, 1.54) is 6.26 Å². The minimum absolute atomic E-state index is 0.0768. The Balaban J connectivity index is 1.74. The minimum atomic E-state index is -3.20. The van der Waals surface area contributed by atoms with Crippen molar-refractivity contribution in [3.05, 3.63) is 65.7 Å². The summed E-state index contributed by atoms with van der Waals surface area (Å²) in [5.41, 5.74) is 1.53. The predicted molar refractivity (Wildman–Crippen MR) is 105 cm³/mol. The lowest BCUT2D eigenvalue weighted by Crippen LogP contribution is -2.54. The maximum atomic E-state index is 11.6.